The molecule has 0 atom stereocenters. The van der Waals surface area contributed by atoms with E-state index in [1.807, 2.05) is 61.5 Å². The van der Waals surface area contributed by atoms with Gasteiger partial charge < -0.3 is 15.4 Å². The normalized spacial score (nSPS) is 10.4. The Morgan fingerprint density at radius 2 is 1.62 bits per heavy atom. The average Bonchev–Trinajstić information content (AvgIpc) is 3.25. The van der Waals surface area contributed by atoms with Crippen LogP contribution < -0.4 is 15.4 Å². The van der Waals surface area contributed by atoms with Crippen molar-refractivity contribution in [2.24, 2.45) is 0 Å². The lowest BCUT2D eigenvalue weighted by molar-refractivity contribution is 0.101. The Morgan fingerprint density at radius 3 is 2.38 bits per heavy atom. The third kappa shape index (κ3) is 4.52. The van der Waals surface area contributed by atoms with Crippen LogP contribution in [0.2, 0.25) is 0 Å². The van der Waals surface area contributed by atoms with E-state index in [4.69, 9.17) is 4.74 Å². The summed E-state index contributed by atoms with van der Waals surface area (Å²) in [4.78, 5) is 25.9. The van der Waals surface area contributed by atoms with Crippen molar-refractivity contribution in [2.75, 3.05) is 17.7 Å². The fourth-order valence-corrected chi connectivity index (χ4v) is 3.27. The van der Waals surface area contributed by atoms with E-state index >= 15 is 0 Å². The van der Waals surface area contributed by atoms with Crippen LogP contribution in [0.4, 0.5) is 11.4 Å². The minimum Gasteiger partial charge on any atom is -0.493 e. The van der Waals surface area contributed by atoms with Gasteiger partial charge in [0, 0.05) is 5.69 Å². The number of benzene rings is 3. The second-order valence-corrected chi connectivity index (χ2v) is 7.15. The SMILES string of the molecule is COc1cn(-c2ccccc2)nc1C(=O)Nc1ccccc1C(=O)Nc1cccc(C)c1. The van der Waals surface area contributed by atoms with E-state index in [0.717, 1.165) is 11.3 Å². The molecule has 2 amide bonds. The molecule has 0 aliphatic heterocycles. The summed E-state index contributed by atoms with van der Waals surface area (Å²) in [6, 6.07) is 23.7. The zero-order chi connectivity index (χ0) is 22.5. The molecule has 0 fully saturated rings. The predicted octanol–water partition coefficient (Wildman–Crippen LogP) is 4.69. The van der Waals surface area contributed by atoms with Crippen molar-refractivity contribution in [3.05, 3.63) is 102 Å². The number of carbonyl (C=O) groups is 2. The highest BCUT2D eigenvalue weighted by molar-refractivity contribution is 6.12. The highest BCUT2D eigenvalue weighted by Crippen LogP contribution is 2.23. The van der Waals surface area contributed by atoms with E-state index in [1.54, 1.807) is 35.1 Å². The zero-order valence-electron chi connectivity index (χ0n) is 17.7. The Balaban J connectivity index is 1.58. The van der Waals surface area contributed by atoms with Gasteiger partial charge in [-0.3, -0.25) is 9.59 Å². The number of aryl methyl sites for hydroxylation is 1. The number of para-hydroxylation sites is 2. The average molecular weight is 426 g/mol. The molecule has 1 heterocycles. The largest absolute Gasteiger partial charge is 0.493 e. The van der Waals surface area contributed by atoms with Crippen molar-refractivity contribution >= 4 is 23.2 Å². The van der Waals surface area contributed by atoms with Crippen molar-refractivity contribution in [2.45, 2.75) is 6.92 Å². The summed E-state index contributed by atoms with van der Waals surface area (Å²) in [5, 5.41) is 10.0. The maximum Gasteiger partial charge on any atom is 0.280 e. The van der Waals surface area contributed by atoms with Gasteiger partial charge in [-0.2, -0.15) is 5.10 Å². The minimum absolute atomic E-state index is 0.116. The number of ether oxygens (including phenoxy) is 1. The number of hydrogen-bond donors (Lipinski definition) is 2. The second kappa shape index (κ2) is 9.18. The van der Waals surface area contributed by atoms with E-state index < -0.39 is 5.91 Å². The van der Waals surface area contributed by atoms with Crippen LogP contribution in [0.3, 0.4) is 0 Å². The molecule has 0 saturated carbocycles. The smallest absolute Gasteiger partial charge is 0.280 e. The molecule has 4 aromatic rings. The third-order valence-electron chi connectivity index (χ3n) is 4.83. The fourth-order valence-electron chi connectivity index (χ4n) is 3.27. The number of nitrogens with one attached hydrogen (secondary N) is 2. The lowest BCUT2D eigenvalue weighted by Crippen LogP contribution is -2.19. The first-order valence-electron chi connectivity index (χ1n) is 10.0. The maximum atomic E-state index is 13.0. The molecule has 0 radical (unpaired) electrons. The van der Waals surface area contributed by atoms with E-state index in [1.165, 1.54) is 7.11 Å². The van der Waals surface area contributed by atoms with E-state index in [0.29, 0.717) is 22.7 Å². The van der Waals surface area contributed by atoms with Crippen LogP contribution in [0.25, 0.3) is 5.69 Å². The van der Waals surface area contributed by atoms with Gasteiger partial charge in [-0.15, -0.1) is 0 Å². The van der Waals surface area contributed by atoms with Gasteiger partial charge in [-0.05, 0) is 48.9 Å². The molecule has 0 aliphatic carbocycles. The van der Waals surface area contributed by atoms with Gasteiger partial charge in [-0.25, -0.2) is 4.68 Å². The lowest BCUT2D eigenvalue weighted by Gasteiger charge is -2.11. The molecule has 160 valence electrons. The first-order valence-corrected chi connectivity index (χ1v) is 10.0. The molecular weight excluding hydrogens is 404 g/mol. The molecule has 3 aromatic carbocycles. The Kier molecular flexibility index (Phi) is 5.98. The van der Waals surface area contributed by atoms with Crippen molar-refractivity contribution in [1.82, 2.24) is 9.78 Å². The quantitative estimate of drug-likeness (QED) is 0.468. The predicted molar refractivity (Wildman–Crippen MR) is 124 cm³/mol. The summed E-state index contributed by atoms with van der Waals surface area (Å²) < 4.78 is 6.92. The summed E-state index contributed by atoms with van der Waals surface area (Å²) in [5.74, 6) is -0.478. The Labute approximate surface area is 185 Å². The van der Waals surface area contributed by atoms with Crippen LogP contribution >= 0.6 is 0 Å². The molecule has 32 heavy (non-hydrogen) atoms. The van der Waals surface area contributed by atoms with Crippen LogP contribution in [-0.2, 0) is 0 Å². The number of amides is 2. The number of anilines is 2. The number of aromatic nitrogens is 2. The molecule has 1 aromatic heterocycles. The van der Waals surface area contributed by atoms with Crippen molar-refractivity contribution in [3.63, 3.8) is 0 Å². The zero-order valence-corrected chi connectivity index (χ0v) is 17.7. The van der Waals surface area contributed by atoms with Gasteiger partial charge in [0.1, 0.15) is 0 Å². The topological polar surface area (TPSA) is 85.2 Å². The number of carbonyl (C=O) groups excluding carboxylic acids is 2. The lowest BCUT2D eigenvalue weighted by atomic mass is 10.1. The molecule has 0 bridgehead atoms. The number of nitrogens with zero attached hydrogens (tertiary/aromatic N) is 2. The molecule has 2 N–H and O–H groups in total. The Hall–Kier alpha value is -4.39. The maximum absolute atomic E-state index is 13.0. The van der Waals surface area contributed by atoms with Gasteiger partial charge in [0.05, 0.1) is 30.2 Å². The first-order chi connectivity index (χ1) is 15.5. The number of rotatable bonds is 6. The molecule has 0 unspecified atom stereocenters. The Morgan fingerprint density at radius 1 is 0.875 bits per heavy atom. The number of methoxy groups -OCH3 is 1. The van der Waals surface area contributed by atoms with Crippen molar-refractivity contribution in [1.29, 1.82) is 0 Å². The number of hydrogen-bond acceptors (Lipinski definition) is 4. The molecule has 4 rings (SSSR count). The van der Waals surface area contributed by atoms with Gasteiger partial charge in [0.15, 0.2) is 11.4 Å². The van der Waals surface area contributed by atoms with Gasteiger partial charge >= 0.3 is 0 Å². The van der Waals surface area contributed by atoms with Crippen LogP contribution in [0, 0.1) is 6.92 Å². The summed E-state index contributed by atoms with van der Waals surface area (Å²) in [6.45, 7) is 1.95. The van der Waals surface area contributed by atoms with Crippen LogP contribution in [-0.4, -0.2) is 28.7 Å². The second-order valence-electron chi connectivity index (χ2n) is 7.15. The van der Waals surface area contributed by atoms with Crippen molar-refractivity contribution in [3.8, 4) is 11.4 Å². The van der Waals surface area contributed by atoms with E-state index in [2.05, 4.69) is 15.7 Å². The van der Waals surface area contributed by atoms with Gasteiger partial charge in [0.2, 0.25) is 0 Å². The van der Waals surface area contributed by atoms with E-state index in [9.17, 15) is 9.59 Å². The van der Waals surface area contributed by atoms with Gasteiger partial charge in [-0.1, -0.05) is 42.5 Å². The monoisotopic (exact) mass is 426 g/mol. The highest BCUT2D eigenvalue weighted by Gasteiger charge is 2.21. The standard InChI is InChI=1S/C25H22N4O3/c1-17-9-8-10-18(15-17)26-24(30)20-13-6-7-14-21(20)27-25(31)23-22(32-2)16-29(28-23)19-11-4-3-5-12-19/h3-16H,1-2H3,(H,26,30)(H,27,31). The molecule has 0 aliphatic rings. The Bertz CT molecular complexity index is 1270. The third-order valence-corrected chi connectivity index (χ3v) is 4.83. The summed E-state index contributed by atoms with van der Waals surface area (Å²) in [7, 11) is 1.48. The van der Waals surface area contributed by atoms with Crippen LogP contribution in [0.5, 0.6) is 5.75 Å². The molecule has 0 saturated heterocycles. The minimum atomic E-state index is -0.479. The molecule has 7 nitrogen and oxygen atoms in total. The first kappa shape index (κ1) is 20.9. The molecular formula is C25H22N4O3. The van der Waals surface area contributed by atoms with Crippen molar-refractivity contribution < 1.29 is 14.3 Å². The summed E-state index contributed by atoms with van der Waals surface area (Å²) >= 11 is 0. The highest BCUT2D eigenvalue weighted by atomic mass is 16.5. The summed E-state index contributed by atoms with van der Waals surface area (Å²) in [5.41, 5.74) is 3.33. The summed E-state index contributed by atoms with van der Waals surface area (Å²) in [6.07, 6.45) is 1.64. The van der Waals surface area contributed by atoms with E-state index in [-0.39, 0.29) is 11.6 Å². The van der Waals surface area contributed by atoms with Crippen LogP contribution in [0.15, 0.2) is 85.1 Å². The van der Waals surface area contributed by atoms with Crippen LogP contribution in [0.1, 0.15) is 26.4 Å². The van der Waals surface area contributed by atoms with Gasteiger partial charge in [0.25, 0.3) is 11.8 Å². The fraction of sp³-hybridized carbons (Fsp3) is 0.0800. The molecule has 7 heteroatoms. The molecule has 0 spiro atoms.